The molecule has 0 aliphatic heterocycles. The first-order valence-corrected chi connectivity index (χ1v) is 5.43. The Hall–Kier alpha value is -2.08. The second-order valence-electron chi connectivity index (χ2n) is 3.81. The number of rotatable bonds is 1. The smallest absolute Gasteiger partial charge is 0.317 e. The van der Waals surface area contributed by atoms with Crippen molar-refractivity contribution in [2.75, 3.05) is 7.11 Å². The molecule has 0 bridgehead atoms. The van der Waals surface area contributed by atoms with Gasteiger partial charge in [0.05, 0.1) is 7.11 Å². The van der Waals surface area contributed by atoms with E-state index in [0.29, 0.717) is 6.42 Å². The van der Waals surface area contributed by atoms with Crippen LogP contribution in [-0.2, 0) is 16.0 Å². The quantitative estimate of drug-likeness (QED) is 0.543. The van der Waals surface area contributed by atoms with Crippen LogP contribution >= 0.6 is 0 Å². The summed E-state index contributed by atoms with van der Waals surface area (Å²) in [5, 5.41) is 0. The third-order valence-electron chi connectivity index (χ3n) is 2.76. The summed E-state index contributed by atoms with van der Waals surface area (Å²) in [6.45, 7) is 0. The fourth-order valence-corrected chi connectivity index (χ4v) is 1.89. The minimum absolute atomic E-state index is 0.0775. The van der Waals surface area contributed by atoms with Gasteiger partial charge < -0.3 is 4.74 Å². The molecule has 0 saturated heterocycles. The summed E-state index contributed by atoms with van der Waals surface area (Å²) in [6.07, 6.45) is 1.39. The molecule has 17 heavy (non-hydrogen) atoms. The summed E-state index contributed by atoms with van der Waals surface area (Å²) < 4.78 is 4.50. The Balaban J connectivity index is 2.23. The van der Waals surface area contributed by atoms with Crippen molar-refractivity contribution < 1.29 is 14.3 Å². The van der Waals surface area contributed by atoms with E-state index in [-0.39, 0.29) is 18.2 Å². The van der Waals surface area contributed by atoms with Crippen molar-refractivity contribution in [1.29, 1.82) is 0 Å². The van der Waals surface area contributed by atoms with Crippen molar-refractivity contribution >= 4 is 11.8 Å². The van der Waals surface area contributed by atoms with Crippen LogP contribution in [0.1, 0.15) is 34.3 Å². The Kier molecular flexibility index (Phi) is 3.24. The summed E-state index contributed by atoms with van der Waals surface area (Å²) in [6, 6.07) is 5.53. The molecule has 0 N–H and O–H groups in total. The van der Waals surface area contributed by atoms with Gasteiger partial charge in [-0.2, -0.15) is 0 Å². The van der Waals surface area contributed by atoms with Crippen LogP contribution < -0.4 is 0 Å². The first-order valence-electron chi connectivity index (χ1n) is 5.43. The van der Waals surface area contributed by atoms with Gasteiger partial charge in [-0.1, -0.05) is 24.0 Å². The zero-order chi connectivity index (χ0) is 12.3. The average molecular weight is 228 g/mol. The second kappa shape index (κ2) is 4.84. The molecule has 0 aromatic heterocycles. The van der Waals surface area contributed by atoms with E-state index in [9.17, 15) is 9.59 Å². The normalized spacial score (nSPS) is 12.6. The van der Waals surface area contributed by atoms with Gasteiger partial charge in [0.2, 0.25) is 0 Å². The van der Waals surface area contributed by atoms with E-state index in [2.05, 4.69) is 16.6 Å². The highest BCUT2D eigenvalue weighted by atomic mass is 16.5. The molecule has 1 aromatic carbocycles. The topological polar surface area (TPSA) is 43.4 Å². The van der Waals surface area contributed by atoms with Gasteiger partial charge >= 0.3 is 5.97 Å². The summed E-state index contributed by atoms with van der Waals surface area (Å²) >= 11 is 0. The molecule has 0 unspecified atom stereocenters. The van der Waals surface area contributed by atoms with Crippen molar-refractivity contribution in [3.05, 3.63) is 34.9 Å². The summed E-state index contributed by atoms with van der Waals surface area (Å²) in [4.78, 5) is 22.4. The molecule has 0 radical (unpaired) electrons. The number of hydrogen-bond acceptors (Lipinski definition) is 3. The molecule has 0 spiro atoms. The number of ether oxygens (including phenoxy) is 1. The number of Topliss-reactive ketones (excluding diaryl/α,β-unsaturated/α-hetero) is 1. The average Bonchev–Trinajstić information content (AvgIpc) is 2.72. The number of carbonyl (C=O) groups is 2. The van der Waals surface area contributed by atoms with Crippen molar-refractivity contribution in [1.82, 2.24) is 0 Å². The van der Waals surface area contributed by atoms with Gasteiger partial charge in [-0.15, -0.1) is 0 Å². The van der Waals surface area contributed by atoms with Crippen LogP contribution in [-0.4, -0.2) is 18.9 Å². The molecule has 1 aliphatic carbocycles. The molecule has 3 nitrogen and oxygen atoms in total. The monoisotopic (exact) mass is 228 g/mol. The predicted octanol–water partition coefficient (Wildman–Crippen LogP) is 1.73. The highest BCUT2D eigenvalue weighted by Gasteiger charge is 2.20. The van der Waals surface area contributed by atoms with Gasteiger partial charge in [0.1, 0.15) is 6.42 Å². The van der Waals surface area contributed by atoms with Crippen molar-refractivity contribution in [3.8, 4) is 11.8 Å². The number of carbonyl (C=O) groups excluding carboxylic acids is 2. The van der Waals surface area contributed by atoms with Crippen LogP contribution in [0.25, 0.3) is 0 Å². The van der Waals surface area contributed by atoms with Crippen LogP contribution in [0.15, 0.2) is 18.2 Å². The van der Waals surface area contributed by atoms with Crippen molar-refractivity contribution in [2.24, 2.45) is 0 Å². The minimum Gasteiger partial charge on any atom is -0.468 e. The zero-order valence-electron chi connectivity index (χ0n) is 9.58. The summed E-state index contributed by atoms with van der Waals surface area (Å²) in [7, 11) is 1.34. The van der Waals surface area contributed by atoms with Gasteiger partial charge in [-0.3, -0.25) is 9.59 Å². The van der Waals surface area contributed by atoms with Gasteiger partial charge in [-0.25, -0.2) is 0 Å². The molecular weight excluding hydrogens is 216 g/mol. The molecule has 3 heteroatoms. The van der Waals surface area contributed by atoms with Gasteiger partial charge in [0.25, 0.3) is 0 Å². The Labute approximate surface area is 99.8 Å². The van der Waals surface area contributed by atoms with Crippen molar-refractivity contribution in [2.45, 2.75) is 19.3 Å². The summed E-state index contributed by atoms with van der Waals surface area (Å²) in [5.74, 6) is 5.52. The number of methoxy groups -OCH3 is 1. The van der Waals surface area contributed by atoms with Crippen LogP contribution in [0.3, 0.4) is 0 Å². The van der Waals surface area contributed by atoms with Crippen LogP contribution in [0, 0.1) is 11.8 Å². The Morgan fingerprint density at radius 3 is 3.00 bits per heavy atom. The van der Waals surface area contributed by atoms with Gasteiger partial charge in [-0.05, 0) is 18.1 Å². The van der Waals surface area contributed by atoms with Crippen molar-refractivity contribution in [3.63, 3.8) is 0 Å². The number of benzene rings is 1. The second-order valence-corrected chi connectivity index (χ2v) is 3.81. The van der Waals surface area contributed by atoms with E-state index in [4.69, 9.17) is 0 Å². The molecular formula is C14H12O3. The predicted molar refractivity (Wildman–Crippen MR) is 62.6 cm³/mol. The molecule has 86 valence electrons. The molecule has 0 amide bonds. The zero-order valence-corrected chi connectivity index (χ0v) is 9.58. The van der Waals surface area contributed by atoms with E-state index in [0.717, 1.165) is 23.1 Å². The standard InChI is InChI=1S/C14H12O3/c1-17-14(16)7-3-5-10-4-2-6-12-11(10)8-9-13(12)15/h2,4,6H,7-9H2,1H3. The van der Waals surface area contributed by atoms with Crippen LogP contribution in [0.4, 0.5) is 0 Å². The lowest BCUT2D eigenvalue weighted by Gasteiger charge is -1.99. The lowest BCUT2D eigenvalue weighted by atomic mass is 10.0. The Bertz CT molecular complexity index is 532. The molecule has 0 saturated carbocycles. The highest BCUT2D eigenvalue weighted by molar-refractivity contribution is 6.01. The van der Waals surface area contributed by atoms with E-state index in [1.807, 2.05) is 18.2 Å². The lowest BCUT2D eigenvalue weighted by Crippen LogP contribution is -1.97. The number of esters is 1. The Morgan fingerprint density at radius 2 is 2.24 bits per heavy atom. The first-order chi connectivity index (χ1) is 8.22. The van der Waals surface area contributed by atoms with E-state index in [1.54, 1.807) is 0 Å². The lowest BCUT2D eigenvalue weighted by molar-refractivity contribution is -0.139. The molecule has 0 fully saturated rings. The van der Waals surface area contributed by atoms with E-state index >= 15 is 0 Å². The van der Waals surface area contributed by atoms with E-state index in [1.165, 1.54) is 7.11 Å². The molecule has 2 rings (SSSR count). The third-order valence-corrected chi connectivity index (χ3v) is 2.76. The summed E-state index contributed by atoms with van der Waals surface area (Å²) in [5.41, 5.74) is 2.63. The van der Waals surface area contributed by atoms with E-state index < -0.39 is 0 Å². The maximum Gasteiger partial charge on any atom is 0.317 e. The van der Waals surface area contributed by atoms with Crippen LogP contribution in [0.2, 0.25) is 0 Å². The fraction of sp³-hybridized carbons (Fsp3) is 0.286. The third kappa shape index (κ3) is 2.36. The molecule has 0 atom stereocenters. The fourth-order valence-electron chi connectivity index (χ4n) is 1.89. The minimum atomic E-state index is -0.346. The number of ketones is 1. The molecule has 0 heterocycles. The molecule has 1 aromatic rings. The van der Waals surface area contributed by atoms with Crippen LogP contribution in [0.5, 0.6) is 0 Å². The number of hydrogen-bond donors (Lipinski definition) is 0. The first kappa shape index (κ1) is 11.4. The maximum atomic E-state index is 11.5. The van der Waals surface area contributed by atoms with Gasteiger partial charge in [0, 0.05) is 17.5 Å². The Morgan fingerprint density at radius 1 is 1.41 bits per heavy atom. The number of fused-ring (bicyclic) bond motifs is 1. The van der Waals surface area contributed by atoms with Gasteiger partial charge in [0.15, 0.2) is 5.78 Å². The SMILES string of the molecule is COC(=O)CC#Cc1cccc2c1CCC2=O. The maximum absolute atomic E-state index is 11.5. The largest absolute Gasteiger partial charge is 0.468 e. The molecule has 1 aliphatic rings. The highest BCUT2D eigenvalue weighted by Crippen LogP contribution is 2.24.